The van der Waals surface area contributed by atoms with E-state index in [-0.39, 0.29) is 5.91 Å². The molecule has 1 unspecified atom stereocenters. The predicted molar refractivity (Wildman–Crippen MR) is 71.2 cm³/mol. The van der Waals surface area contributed by atoms with Crippen LogP contribution >= 0.6 is 11.3 Å². The van der Waals surface area contributed by atoms with Gasteiger partial charge in [0, 0.05) is 37.5 Å². The number of rotatable bonds is 3. The zero-order chi connectivity index (χ0) is 13.0. The van der Waals surface area contributed by atoms with E-state index in [1.165, 1.54) is 0 Å². The van der Waals surface area contributed by atoms with Gasteiger partial charge in [-0.15, -0.1) is 11.3 Å². The van der Waals surface area contributed by atoms with Gasteiger partial charge in [-0.2, -0.15) is 5.26 Å². The van der Waals surface area contributed by atoms with Crippen LogP contribution in [0.3, 0.4) is 0 Å². The molecule has 1 atom stereocenters. The van der Waals surface area contributed by atoms with E-state index in [1.807, 2.05) is 22.4 Å². The Bertz CT molecular complexity index is 430. The zero-order valence-corrected chi connectivity index (χ0v) is 11.3. The SMILES string of the molecule is CN1CCN(C(=O)C(C#N)Cc2cccs2)CC1. The monoisotopic (exact) mass is 263 g/mol. The highest BCUT2D eigenvalue weighted by Crippen LogP contribution is 2.16. The van der Waals surface area contributed by atoms with Crippen LogP contribution in [-0.2, 0) is 11.2 Å². The smallest absolute Gasteiger partial charge is 0.240 e. The lowest BCUT2D eigenvalue weighted by Gasteiger charge is -2.33. The average Bonchev–Trinajstić information content (AvgIpc) is 2.89. The van der Waals surface area contributed by atoms with E-state index in [0.29, 0.717) is 6.42 Å². The van der Waals surface area contributed by atoms with Crippen molar-refractivity contribution < 1.29 is 4.79 Å². The molecule has 1 aromatic heterocycles. The predicted octanol–water partition coefficient (Wildman–Crippen LogP) is 1.20. The summed E-state index contributed by atoms with van der Waals surface area (Å²) < 4.78 is 0. The van der Waals surface area contributed by atoms with Gasteiger partial charge in [-0.25, -0.2) is 0 Å². The molecule has 5 heteroatoms. The Balaban J connectivity index is 1.95. The van der Waals surface area contributed by atoms with Gasteiger partial charge in [-0.1, -0.05) is 6.07 Å². The molecule has 0 saturated carbocycles. The zero-order valence-electron chi connectivity index (χ0n) is 10.5. The molecule has 0 radical (unpaired) electrons. The summed E-state index contributed by atoms with van der Waals surface area (Å²) in [7, 11) is 2.05. The first-order valence-corrected chi connectivity index (χ1v) is 6.98. The molecule has 1 aliphatic rings. The molecule has 0 aromatic carbocycles. The van der Waals surface area contributed by atoms with Crippen LogP contribution in [0.5, 0.6) is 0 Å². The third-order valence-corrected chi connectivity index (χ3v) is 4.15. The average molecular weight is 263 g/mol. The van der Waals surface area contributed by atoms with E-state index in [0.717, 1.165) is 31.1 Å². The van der Waals surface area contributed by atoms with Crippen molar-refractivity contribution in [2.75, 3.05) is 33.2 Å². The molecule has 1 amide bonds. The molecule has 2 rings (SSSR count). The fraction of sp³-hybridized carbons (Fsp3) is 0.538. The van der Waals surface area contributed by atoms with Crippen LogP contribution in [0.1, 0.15) is 4.88 Å². The van der Waals surface area contributed by atoms with Gasteiger partial charge in [0.1, 0.15) is 5.92 Å². The molecular weight excluding hydrogens is 246 g/mol. The number of carbonyl (C=O) groups is 1. The first-order chi connectivity index (χ1) is 8.70. The highest BCUT2D eigenvalue weighted by Gasteiger charge is 2.26. The van der Waals surface area contributed by atoms with Crippen LogP contribution in [0.15, 0.2) is 17.5 Å². The van der Waals surface area contributed by atoms with Gasteiger partial charge < -0.3 is 9.80 Å². The molecule has 4 nitrogen and oxygen atoms in total. The second-order valence-corrected chi connectivity index (χ2v) is 5.63. The summed E-state index contributed by atoms with van der Waals surface area (Å²) in [5, 5.41) is 11.2. The second kappa shape index (κ2) is 5.98. The minimum Gasteiger partial charge on any atom is -0.339 e. The number of nitriles is 1. The number of likely N-dealkylation sites (N-methyl/N-ethyl adjacent to an activating group) is 1. The maximum absolute atomic E-state index is 12.3. The van der Waals surface area contributed by atoms with E-state index < -0.39 is 5.92 Å². The fourth-order valence-electron chi connectivity index (χ4n) is 2.07. The van der Waals surface area contributed by atoms with Crippen LogP contribution < -0.4 is 0 Å². The van der Waals surface area contributed by atoms with Crippen molar-refractivity contribution in [2.24, 2.45) is 5.92 Å². The van der Waals surface area contributed by atoms with Crippen molar-refractivity contribution in [2.45, 2.75) is 6.42 Å². The molecule has 96 valence electrons. The van der Waals surface area contributed by atoms with Crippen LogP contribution in [0.2, 0.25) is 0 Å². The molecule has 1 aromatic rings. The molecule has 1 fully saturated rings. The van der Waals surface area contributed by atoms with Crippen LogP contribution in [-0.4, -0.2) is 48.9 Å². The first kappa shape index (κ1) is 13.1. The number of carbonyl (C=O) groups excluding carboxylic acids is 1. The number of hydrogen-bond acceptors (Lipinski definition) is 4. The Labute approximate surface area is 111 Å². The number of nitrogens with zero attached hydrogens (tertiary/aromatic N) is 3. The maximum Gasteiger partial charge on any atom is 0.240 e. The fourth-order valence-corrected chi connectivity index (χ4v) is 2.82. The highest BCUT2D eigenvalue weighted by atomic mass is 32.1. The molecule has 18 heavy (non-hydrogen) atoms. The molecule has 0 N–H and O–H groups in total. The summed E-state index contributed by atoms with van der Waals surface area (Å²) >= 11 is 1.60. The summed E-state index contributed by atoms with van der Waals surface area (Å²) in [5.41, 5.74) is 0. The van der Waals surface area contributed by atoms with Crippen molar-refractivity contribution >= 4 is 17.2 Å². The summed E-state index contributed by atoms with van der Waals surface area (Å²) in [6, 6.07) is 6.08. The quantitative estimate of drug-likeness (QED) is 0.823. The lowest BCUT2D eigenvalue weighted by atomic mass is 10.0. The number of hydrogen-bond donors (Lipinski definition) is 0. The van der Waals surface area contributed by atoms with Gasteiger partial charge in [0.15, 0.2) is 0 Å². The molecule has 1 aliphatic heterocycles. The second-order valence-electron chi connectivity index (χ2n) is 4.59. The van der Waals surface area contributed by atoms with Crippen LogP contribution in [0, 0.1) is 17.2 Å². The lowest BCUT2D eigenvalue weighted by Crippen LogP contribution is -2.49. The minimum absolute atomic E-state index is 0.0148. The maximum atomic E-state index is 12.3. The molecular formula is C13H17N3OS. The van der Waals surface area contributed by atoms with Crippen molar-refractivity contribution in [1.29, 1.82) is 5.26 Å². The van der Waals surface area contributed by atoms with Crippen molar-refractivity contribution in [1.82, 2.24) is 9.80 Å². The third kappa shape index (κ3) is 3.09. The van der Waals surface area contributed by atoms with Gasteiger partial charge in [0.2, 0.25) is 5.91 Å². The molecule has 1 saturated heterocycles. The first-order valence-electron chi connectivity index (χ1n) is 6.10. The molecule has 2 heterocycles. The standard InChI is InChI=1S/C13H17N3OS/c1-15-4-6-16(7-5-15)13(17)11(10-14)9-12-3-2-8-18-12/h2-3,8,11H,4-7,9H2,1H3. The van der Waals surface area contributed by atoms with E-state index in [2.05, 4.69) is 18.0 Å². The van der Waals surface area contributed by atoms with Gasteiger partial charge in [0.05, 0.1) is 6.07 Å². The summed E-state index contributed by atoms with van der Waals surface area (Å²) in [6.07, 6.45) is 0.541. The molecule has 0 bridgehead atoms. The topological polar surface area (TPSA) is 47.3 Å². The summed E-state index contributed by atoms with van der Waals surface area (Å²) in [4.78, 5) is 17.4. The van der Waals surface area contributed by atoms with Crippen LogP contribution in [0.25, 0.3) is 0 Å². The third-order valence-electron chi connectivity index (χ3n) is 3.25. The Morgan fingerprint density at radius 2 is 2.22 bits per heavy atom. The van der Waals surface area contributed by atoms with E-state index >= 15 is 0 Å². The lowest BCUT2D eigenvalue weighted by molar-refractivity contribution is -0.135. The summed E-state index contributed by atoms with van der Waals surface area (Å²) in [6.45, 7) is 3.25. The van der Waals surface area contributed by atoms with Crippen LogP contribution in [0.4, 0.5) is 0 Å². The highest BCUT2D eigenvalue weighted by molar-refractivity contribution is 7.09. The van der Waals surface area contributed by atoms with Crippen molar-refractivity contribution in [3.05, 3.63) is 22.4 Å². The van der Waals surface area contributed by atoms with Crippen molar-refractivity contribution in [3.8, 4) is 6.07 Å². The largest absolute Gasteiger partial charge is 0.339 e. The van der Waals surface area contributed by atoms with Crippen molar-refractivity contribution in [3.63, 3.8) is 0 Å². The summed E-state index contributed by atoms with van der Waals surface area (Å²) in [5.74, 6) is -0.550. The van der Waals surface area contributed by atoms with E-state index in [9.17, 15) is 10.1 Å². The minimum atomic E-state index is -0.535. The number of thiophene rings is 1. The van der Waals surface area contributed by atoms with Gasteiger partial charge in [0.25, 0.3) is 0 Å². The number of amides is 1. The molecule has 0 aliphatic carbocycles. The van der Waals surface area contributed by atoms with Gasteiger partial charge in [-0.3, -0.25) is 4.79 Å². The normalized spacial score (nSPS) is 18.3. The molecule has 0 spiro atoms. The van der Waals surface area contributed by atoms with E-state index in [4.69, 9.17) is 0 Å². The Kier molecular flexibility index (Phi) is 4.34. The Morgan fingerprint density at radius 3 is 2.78 bits per heavy atom. The Morgan fingerprint density at radius 1 is 1.50 bits per heavy atom. The number of piperazine rings is 1. The van der Waals surface area contributed by atoms with Gasteiger partial charge >= 0.3 is 0 Å². The van der Waals surface area contributed by atoms with E-state index in [1.54, 1.807) is 11.3 Å². The Hall–Kier alpha value is -1.38. The van der Waals surface area contributed by atoms with Gasteiger partial charge in [-0.05, 0) is 18.5 Å².